The zero-order valence-electron chi connectivity index (χ0n) is 9.76. The van der Waals surface area contributed by atoms with Gasteiger partial charge in [0.15, 0.2) is 5.69 Å². The van der Waals surface area contributed by atoms with Gasteiger partial charge in [-0.15, -0.1) is 5.10 Å². The van der Waals surface area contributed by atoms with E-state index in [2.05, 4.69) is 15.3 Å². The van der Waals surface area contributed by atoms with Gasteiger partial charge in [-0.25, -0.2) is 14.5 Å². The van der Waals surface area contributed by atoms with E-state index in [1.165, 1.54) is 4.68 Å². The Labute approximate surface area is 97.1 Å². The first-order valence-corrected chi connectivity index (χ1v) is 5.05. The second-order valence-electron chi connectivity index (χ2n) is 3.74. The number of carboxylic acids is 1. The third-order valence-corrected chi connectivity index (χ3v) is 2.54. The summed E-state index contributed by atoms with van der Waals surface area (Å²) >= 11 is 0. The van der Waals surface area contributed by atoms with Gasteiger partial charge in [0.2, 0.25) is 5.89 Å². The summed E-state index contributed by atoms with van der Waals surface area (Å²) in [5.41, 5.74) is 1.24. The van der Waals surface area contributed by atoms with Crippen LogP contribution >= 0.6 is 0 Å². The van der Waals surface area contributed by atoms with Crippen LogP contribution in [-0.2, 0) is 6.54 Å². The van der Waals surface area contributed by atoms with Crippen molar-refractivity contribution in [1.82, 2.24) is 20.0 Å². The zero-order chi connectivity index (χ0) is 12.6. The fourth-order valence-electron chi connectivity index (χ4n) is 1.44. The molecule has 7 heteroatoms. The molecule has 7 nitrogen and oxygen atoms in total. The van der Waals surface area contributed by atoms with E-state index in [4.69, 9.17) is 9.52 Å². The molecule has 2 aromatic heterocycles. The molecule has 0 unspecified atom stereocenters. The number of aromatic carboxylic acids is 1. The van der Waals surface area contributed by atoms with Gasteiger partial charge in [0.1, 0.15) is 12.3 Å². The largest absolute Gasteiger partial charge is 0.476 e. The third-order valence-electron chi connectivity index (χ3n) is 2.54. The van der Waals surface area contributed by atoms with Gasteiger partial charge >= 0.3 is 5.97 Å². The summed E-state index contributed by atoms with van der Waals surface area (Å²) in [6.45, 7) is 5.59. The van der Waals surface area contributed by atoms with Crippen molar-refractivity contribution >= 4 is 5.97 Å². The molecule has 0 saturated heterocycles. The topological polar surface area (TPSA) is 94.0 Å². The summed E-state index contributed by atoms with van der Waals surface area (Å²) in [4.78, 5) is 15.0. The van der Waals surface area contributed by atoms with Crippen molar-refractivity contribution < 1.29 is 14.3 Å². The molecule has 2 rings (SSSR count). The van der Waals surface area contributed by atoms with Gasteiger partial charge in [-0.3, -0.25) is 0 Å². The first kappa shape index (κ1) is 11.3. The van der Waals surface area contributed by atoms with Gasteiger partial charge in [0.25, 0.3) is 0 Å². The van der Waals surface area contributed by atoms with Crippen LogP contribution in [0.4, 0.5) is 0 Å². The molecule has 17 heavy (non-hydrogen) atoms. The van der Waals surface area contributed by atoms with E-state index in [-0.39, 0.29) is 12.2 Å². The highest BCUT2D eigenvalue weighted by atomic mass is 16.4. The number of oxazole rings is 1. The van der Waals surface area contributed by atoms with E-state index in [1.54, 1.807) is 6.92 Å². The number of hydrogen-bond acceptors (Lipinski definition) is 5. The lowest BCUT2D eigenvalue weighted by molar-refractivity contribution is 0.0689. The second-order valence-corrected chi connectivity index (χ2v) is 3.74. The van der Waals surface area contributed by atoms with Crippen LogP contribution in [0.3, 0.4) is 0 Å². The number of hydrogen-bond donors (Lipinski definition) is 1. The third kappa shape index (κ3) is 2.03. The smallest absolute Gasteiger partial charge is 0.358 e. The summed E-state index contributed by atoms with van der Waals surface area (Å²) < 4.78 is 6.85. The minimum absolute atomic E-state index is 0.0509. The minimum atomic E-state index is -1.09. The summed E-state index contributed by atoms with van der Waals surface area (Å²) in [6.07, 6.45) is 0. The van der Waals surface area contributed by atoms with Crippen LogP contribution in [0.1, 0.15) is 33.5 Å². The van der Waals surface area contributed by atoms with E-state index in [9.17, 15) is 4.79 Å². The van der Waals surface area contributed by atoms with E-state index in [0.717, 1.165) is 11.5 Å². The van der Waals surface area contributed by atoms with Gasteiger partial charge in [0.05, 0.1) is 11.4 Å². The lowest BCUT2D eigenvalue weighted by atomic mass is 10.3. The number of nitrogens with zero attached hydrogens (tertiary/aromatic N) is 4. The summed E-state index contributed by atoms with van der Waals surface area (Å²) in [5, 5.41) is 16.2. The molecule has 0 saturated carbocycles. The van der Waals surface area contributed by atoms with Crippen LogP contribution in [0.5, 0.6) is 0 Å². The Hall–Kier alpha value is -2.18. The quantitative estimate of drug-likeness (QED) is 0.852. The molecule has 0 spiro atoms. The molecule has 0 aliphatic rings. The average Bonchev–Trinajstić information content (AvgIpc) is 2.74. The molecular formula is C10H12N4O3. The van der Waals surface area contributed by atoms with Crippen molar-refractivity contribution in [3.63, 3.8) is 0 Å². The molecule has 0 atom stereocenters. The number of rotatable bonds is 3. The number of carbonyl (C=O) groups is 1. The maximum Gasteiger partial charge on any atom is 0.358 e. The fraction of sp³-hybridized carbons (Fsp3) is 0.400. The molecule has 90 valence electrons. The molecular weight excluding hydrogens is 224 g/mol. The van der Waals surface area contributed by atoms with Gasteiger partial charge in [-0.2, -0.15) is 0 Å². The molecule has 0 radical (unpaired) electrons. The minimum Gasteiger partial charge on any atom is -0.476 e. The van der Waals surface area contributed by atoms with Gasteiger partial charge in [0, 0.05) is 0 Å². The Balaban J connectivity index is 2.27. The predicted octanol–water partition coefficient (Wildman–Crippen LogP) is 0.938. The second kappa shape index (κ2) is 4.00. The molecule has 0 bridgehead atoms. The molecule has 2 aromatic rings. The highest BCUT2D eigenvalue weighted by molar-refractivity contribution is 5.86. The van der Waals surface area contributed by atoms with Crippen LogP contribution in [0, 0.1) is 20.8 Å². The molecule has 0 fully saturated rings. The van der Waals surface area contributed by atoms with Crippen LogP contribution in [0.2, 0.25) is 0 Å². The summed E-state index contributed by atoms with van der Waals surface area (Å²) in [7, 11) is 0. The Morgan fingerprint density at radius 3 is 2.59 bits per heavy atom. The Morgan fingerprint density at radius 1 is 1.41 bits per heavy atom. The lowest BCUT2D eigenvalue weighted by Gasteiger charge is -1.98. The van der Waals surface area contributed by atoms with Crippen molar-refractivity contribution in [2.45, 2.75) is 27.3 Å². The monoisotopic (exact) mass is 236 g/mol. The van der Waals surface area contributed by atoms with Crippen LogP contribution in [-0.4, -0.2) is 31.1 Å². The van der Waals surface area contributed by atoms with Crippen LogP contribution in [0.15, 0.2) is 4.42 Å². The van der Waals surface area contributed by atoms with Crippen LogP contribution in [0.25, 0.3) is 0 Å². The van der Waals surface area contributed by atoms with Crippen molar-refractivity contribution in [2.75, 3.05) is 0 Å². The SMILES string of the molecule is Cc1nc(Cn2nnc(C(=O)O)c2C)oc1C. The molecule has 0 aliphatic heterocycles. The molecule has 0 aliphatic carbocycles. The predicted molar refractivity (Wildman–Crippen MR) is 56.8 cm³/mol. The van der Waals surface area contributed by atoms with Crippen molar-refractivity contribution in [1.29, 1.82) is 0 Å². The first-order chi connectivity index (χ1) is 7.99. The highest BCUT2D eigenvalue weighted by Gasteiger charge is 2.16. The first-order valence-electron chi connectivity index (χ1n) is 5.05. The Kier molecular flexibility index (Phi) is 2.66. The van der Waals surface area contributed by atoms with Crippen molar-refractivity contribution in [3.8, 4) is 0 Å². The maximum atomic E-state index is 10.8. The maximum absolute atomic E-state index is 10.8. The molecule has 0 aromatic carbocycles. The van der Waals surface area contributed by atoms with E-state index in [1.807, 2.05) is 13.8 Å². The summed E-state index contributed by atoms with van der Waals surface area (Å²) in [5.74, 6) is 0.148. The molecule has 1 N–H and O–H groups in total. The Bertz CT molecular complexity index is 551. The average molecular weight is 236 g/mol. The summed E-state index contributed by atoms with van der Waals surface area (Å²) in [6, 6.07) is 0. The van der Waals surface area contributed by atoms with E-state index < -0.39 is 5.97 Å². The number of aryl methyl sites for hydroxylation is 2. The number of carboxylic acid groups (broad SMARTS) is 1. The fourth-order valence-corrected chi connectivity index (χ4v) is 1.44. The van der Waals surface area contributed by atoms with E-state index >= 15 is 0 Å². The normalized spacial score (nSPS) is 10.8. The van der Waals surface area contributed by atoms with Crippen molar-refractivity contribution in [3.05, 3.63) is 28.7 Å². The lowest BCUT2D eigenvalue weighted by Crippen LogP contribution is -2.06. The van der Waals surface area contributed by atoms with Crippen molar-refractivity contribution in [2.24, 2.45) is 0 Å². The standard InChI is InChI=1S/C10H12N4O3/c1-5-7(3)17-8(11-5)4-14-6(2)9(10(15)16)12-13-14/h4H2,1-3H3,(H,15,16). The molecule has 0 amide bonds. The zero-order valence-corrected chi connectivity index (χ0v) is 9.76. The van der Waals surface area contributed by atoms with E-state index in [0.29, 0.717) is 11.6 Å². The Morgan fingerprint density at radius 2 is 2.12 bits per heavy atom. The van der Waals surface area contributed by atoms with Gasteiger partial charge < -0.3 is 9.52 Å². The van der Waals surface area contributed by atoms with Crippen LogP contribution < -0.4 is 0 Å². The number of aromatic nitrogens is 4. The van der Waals surface area contributed by atoms with Gasteiger partial charge in [-0.1, -0.05) is 5.21 Å². The molecule has 2 heterocycles. The van der Waals surface area contributed by atoms with Gasteiger partial charge in [-0.05, 0) is 20.8 Å². The highest BCUT2D eigenvalue weighted by Crippen LogP contribution is 2.11.